The number of nitrogens with zero attached hydrogens (tertiary/aromatic N) is 5. The first-order valence-electron chi connectivity index (χ1n) is 10.6. The molecule has 1 unspecified atom stereocenters. The zero-order valence-corrected chi connectivity index (χ0v) is 17.1. The first-order chi connectivity index (χ1) is 14.8. The number of hydrogen-bond acceptors (Lipinski definition) is 5. The Morgan fingerprint density at radius 2 is 1.93 bits per heavy atom. The van der Waals surface area contributed by atoms with E-state index in [4.69, 9.17) is 9.72 Å². The monoisotopic (exact) mass is 399 g/mol. The van der Waals surface area contributed by atoms with Crippen LogP contribution in [0.1, 0.15) is 32.4 Å². The maximum atomic E-state index is 5.84. The smallest absolute Gasteiger partial charge is 0.150 e. The van der Waals surface area contributed by atoms with Crippen molar-refractivity contribution in [2.75, 3.05) is 18.1 Å². The highest BCUT2D eigenvalue weighted by Crippen LogP contribution is 2.29. The molecule has 4 aromatic rings. The van der Waals surface area contributed by atoms with Crippen LogP contribution in [0.15, 0.2) is 67.1 Å². The standard InChI is InChI=1S/C24H25N5O/c1-2-28(19-8-4-3-5-9-19)20-11-12-21-22(14-20)27-23(16-25-21)18-15-26-29(17-18)24-10-6-7-13-30-24/h3-5,8-9,11-12,14-17,24H,2,6-7,10,13H2,1H3. The van der Waals surface area contributed by atoms with E-state index in [2.05, 4.69) is 58.3 Å². The molecule has 2 aromatic carbocycles. The summed E-state index contributed by atoms with van der Waals surface area (Å²) in [7, 11) is 0. The van der Waals surface area contributed by atoms with Crippen molar-refractivity contribution in [3.05, 3.63) is 67.1 Å². The third-order valence-electron chi connectivity index (χ3n) is 5.57. The number of fused-ring (bicyclic) bond motifs is 1. The van der Waals surface area contributed by atoms with Gasteiger partial charge < -0.3 is 9.64 Å². The van der Waals surface area contributed by atoms with Crippen LogP contribution >= 0.6 is 0 Å². The number of para-hydroxylation sites is 1. The van der Waals surface area contributed by atoms with Gasteiger partial charge in [-0.1, -0.05) is 18.2 Å². The van der Waals surface area contributed by atoms with E-state index in [0.717, 1.165) is 59.7 Å². The molecule has 5 rings (SSSR count). The average molecular weight is 399 g/mol. The minimum atomic E-state index is 0.0245. The maximum absolute atomic E-state index is 5.84. The van der Waals surface area contributed by atoms with Crippen LogP contribution in [0.5, 0.6) is 0 Å². The molecule has 0 aliphatic carbocycles. The summed E-state index contributed by atoms with van der Waals surface area (Å²) in [5.41, 5.74) is 5.81. The summed E-state index contributed by atoms with van der Waals surface area (Å²) in [6.45, 7) is 3.82. The molecule has 0 bridgehead atoms. The maximum Gasteiger partial charge on any atom is 0.150 e. The number of anilines is 2. The van der Waals surface area contributed by atoms with Gasteiger partial charge in [0.25, 0.3) is 0 Å². The van der Waals surface area contributed by atoms with Gasteiger partial charge in [0.15, 0.2) is 0 Å². The molecule has 1 atom stereocenters. The van der Waals surface area contributed by atoms with Crippen LogP contribution in [0.3, 0.4) is 0 Å². The van der Waals surface area contributed by atoms with Gasteiger partial charge in [-0.2, -0.15) is 5.10 Å². The first kappa shape index (κ1) is 18.8. The van der Waals surface area contributed by atoms with E-state index in [1.807, 2.05) is 35.4 Å². The Kier molecular flexibility index (Phi) is 5.15. The Morgan fingerprint density at radius 3 is 2.73 bits per heavy atom. The highest BCUT2D eigenvalue weighted by atomic mass is 16.5. The molecule has 0 amide bonds. The number of aromatic nitrogens is 4. The molecule has 0 N–H and O–H groups in total. The number of rotatable bonds is 5. The van der Waals surface area contributed by atoms with Crippen molar-refractivity contribution in [3.63, 3.8) is 0 Å². The number of ether oxygens (including phenoxy) is 1. The van der Waals surface area contributed by atoms with Crippen LogP contribution in [0.4, 0.5) is 11.4 Å². The Balaban J connectivity index is 1.47. The number of hydrogen-bond donors (Lipinski definition) is 0. The van der Waals surface area contributed by atoms with E-state index in [-0.39, 0.29) is 6.23 Å². The predicted molar refractivity (Wildman–Crippen MR) is 119 cm³/mol. The second-order valence-electron chi connectivity index (χ2n) is 7.54. The van der Waals surface area contributed by atoms with Crippen LogP contribution < -0.4 is 4.90 Å². The SMILES string of the molecule is CCN(c1ccccc1)c1ccc2ncc(-c3cnn(C4CCCCO4)c3)nc2c1. The van der Waals surface area contributed by atoms with Crippen LogP contribution in [0.2, 0.25) is 0 Å². The summed E-state index contributed by atoms with van der Waals surface area (Å²) in [5.74, 6) is 0. The third kappa shape index (κ3) is 3.66. The van der Waals surface area contributed by atoms with E-state index in [1.165, 1.54) is 6.42 Å². The van der Waals surface area contributed by atoms with Crippen molar-refractivity contribution >= 4 is 22.4 Å². The second-order valence-corrected chi connectivity index (χ2v) is 7.54. The first-order valence-corrected chi connectivity index (χ1v) is 10.6. The molecule has 0 spiro atoms. The van der Waals surface area contributed by atoms with E-state index >= 15 is 0 Å². The Bertz CT molecular complexity index is 1130. The molecule has 3 heterocycles. The normalized spacial score (nSPS) is 16.6. The molecule has 1 aliphatic rings. The van der Waals surface area contributed by atoms with Gasteiger partial charge in [0.05, 0.1) is 29.1 Å². The molecule has 6 heteroatoms. The molecule has 1 saturated heterocycles. The highest BCUT2D eigenvalue weighted by Gasteiger charge is 2.17. The summed E-state index contributed by atoms with van der Waals surface area (Å²) >= 11 is 0. The fourth-order valence-electron chi connectivity index (χ4n) is 3.99. The van der Waals surface area contributed by atoms with Crippen LogP contribution in [-0.4, -0.2) is 32.9 Å². The summed E-state index contributed by atoms with van der Waals surface area (Å²) < 4.78 is 7.75. The predicted octanol–water partition coefficient (Wildman–Crippen LogP) is 5.35. The van der Waals surface area contributed by atoms with Gasteiger partial charge in [0, 0.05) is 36.3 Å². The largest absolute Gasteiger partial charge is 0.357 e. The molecule has 30 heavy (non-hydrogen) atoms. The average Bonchev–Trinajstić information content (AvgIpc) is 3.31. The van der Waals surface area contributed by atoms with Crippen LogP contribution in [0.25, 0.3) is 22.3 Å². The van der Waals surface area contributed by atoms with Gasteiger partial charge in [-0.15, -0.1) is 0 Å². The lowest BCUT2D eigenvalue weighted by Crippen LogP contribution is -2.18. The third-order valence-corrected chi connectivity index (χ3v) is 5.57. The van der Waals surface area contributed by atoms with Gasteiger partial charge in [0.2, 0.25) is 0 Å². The summed E-state index contributed by atoms with van der Waals surface area (Å²) in [5, 5.41) is 4.51. The number of benzene rings is 2. The van der Waals surface area contributed by atoms with Crippen molar-refractivity contribution in [3.8, 4) is 11.3 Å². The zero-order chi connectivity index (χ0) is 20.3. The van der Waals surface area contributed by atoms with Gasteiger partial charge in [0.1, 0.15) is 6.23 Å². The van der Waals surface area contributed by atoms with Gasteiger partial charge >= 0.3 is 0 Å². The summed E-state index contributed by atoms with van der Waals surface area (Å²) in [4.78, 5) is 11.8. The van der Waals surface area contributed by atoms with Crippen molar-refractivity contribution in [1.29, 1.82) is 0 Å². The molecule has 6 nitrogen and oxygen atoms in total. The Morgan fingerprint density at radius 1 is 1.03 bits per heavy atom. The summed E-state index contributed by atoms with van der Waals surface area (Å²) in [6.07, 6.45) is 9.00. The minimum absolute atomic E-state index is 0.0245. The molecule has 2 aromatic heterocycles. The van der Waals surface area contributed by atoms with Crippen molar-refractivity contribution in [2.45, 2.75) is 32.4 Å². The summed E-state index contributed by atoms with van der Waals surface area (Å²) in [6, 6.07) is 16.6. The molecule has 0 radical (unpaired) electrons. The van der Waals surface area contributed by atoms with E-state index < -0.39 is 0 Å². The van der Waals surface area contributed by atoms with Gasteiger partial charge in [-0.05, 0) is 56.5 Å². The van der Waals surface area contributed by atoms with Gasteiger partial charge in [-0.25, -0.2) is 9.67 Å². The molecule has 1 aliphatic heterocycles. The highest BCUT2D eigenvalue weighted by molar-refractivity contribution is 5.82. The molecular weight excluding hydrogens is 374 g/mol. The van der Waals surface area contributed by atoms with E-state index in [9.17, 15) is 0 Å². The zero-order valence-electron chi connectivity index (χ0n) is 17.1. The van der Waals surface area contributed by atoms with Crippen LogP contribution in [0, 0.1) is 0 Å². The topological polar surface area (TPSA) is 56.1 Å². The Hall–Kier alpha value is -3.25. The molecule has 152 valence electrons. The molecular formula is C24H25N5O. The second kappa shape index (κ2) is 8.24. The Labute approximate surface area is 176 Å². The molecule has 0 saturated carbocycles. The van der Waals surface area contributed by atoms with Crippen molar-refractivity contribution in [2.24, 2.45) is 0 Å². The van der Waals surface area contributed by atoms with Crippen molar-refractivity contribution in [1.82, 2.24) is 19.7 Å². The van der Waals surface area contributed by atoms with Crippen LogP contribution in [-0.2, 0) is 4.74 Å². The fourth-order valence-corrected chi connectivity index (χ4v) is 3.99. The molecule has 1 fully saturated rings. The lowest BCUT2D eigenvalue weighted by molar-refractivity contribution is -0.0394. The lowest BCUT2D eigenvalue weighted by atomic mass is 10.2. The quantitative estimate of drug-likeness (QED) is 0.453. The van der Waals surface area contributed by atoms with Crippen molar-refractivity contribution < 1.29 is 4.74 Å². The van der Waals surface area contributed by atoms with Gasteiger partial charge in [-0.3, -0.25) is 4.98 Å². The van der Waals surface area contributed by atoms with E-state index in [1.54, 1.807) is 0 Å². The minimum Gasteiger partial charge on any atom is -0.357 e. The lowest BCUT2D eigenvalue weighted by Gasteiger charge is -2.23. The fraction of sp³-hybridized carbons (Fsp3) is 0.292. The van der Waals surface area contributed by atoms with E-state index in [0.29, 0.717) is 0 Å².